The Bertz CT molecular complexity index is 1300. The maximum absolute atomic E-state index is 13.7. The molecule has 35 heavy (non-hydrogen) atoms. The van der Waals surface area contributed by atoms with Crippen LogP contribution in [0, 0.1) is 47.2 Å². The van der Waals surface area contributed by atoms with Gasteiger partial charge in [-0.3, -0.25) is 26.9 Å². The average Bonchev–Trinajstić information content (AvgIpc) is 3.57. The van der Waals surface area contributed by atoms with Crippen molar-refractivity contribution in [3.05, 3.63) is 121 Å². The number of hydrogen-bond donors (Lipinski definition) is 0. The molecule has 0 atom stereocenters. The standard InChI is InChI=1S/C12H7F2N4.C11H6F2N.CN.Ir/c13-9-7-10(14)12(18-6-2-4-16-18)8-11(9)17-5-1-3-15-17;12-8-4-5-9(10(13)7-8)11-3-1-2-6-14-11;1-2;/h1-7H;1-4,6-7H;;/q3*-1;+3. The summed E-state index contributed by atoms with van der Waals surface area (Å²) < 4.78 is 55.7. The number of rotatable bonds is 3. The summed E-state index contributed by atoms with van der Waals surface area (Å²) in [6.07, 6.45) is 7.67. The number of halogens is 4. The first-order chi connectivity index (χ1) is 16.5. The summed E-state index contributed by atoms with van der Waals surface area (Å²) in [6.45, 7) is 4.75. The Morgan fingerprint density at radius 3 is 1.83 bits per heavy atom. The van der Waals surface area contributed by atoms with Crippen molar-refractivity contribution in [1.29, 1.82) is 5.26 Å². The van der Waals surface area contributed by atoms with E-state index in [1.165, 1.54) is 21.8 Å². The molecule has 0 saturated carbocycles. The number of aromatic nitrogens is 5. The zero-order chi connectivity index (χ0) is 24.5. The molecule has 176 valence electrons. The normalized spacial score (nSPS) is 9.66. The molecule has 5 rings (SSSR count). The fourth-order valence-corrected chi connectivity index (χ4v) is 2.77. The van der Waals surface area contributed by atoms with Gasteiger partial charge in [-0.2, -0.15) is 10.2 Å². The van der Waals surface area contributed by atoms with E-state index in [-0.39, 0.29) is 37.0 Å². The molecule has 3 aromatic heterocycles. The van der Waals surface area contributed by atoms with Gasteiger partial charge in [-0.25, -0.2) is 0 Å². The number of hydrogen-bond acceptors (Lipinski definition) is 4. The molecule has 0 aliphatic carbocycles. The van der Waals surface area contributed by atoms with Crippen molar-refractivity contribution in [2.24, 2.45) is 0 Å². The predicted octanol–water partition coefficient (Wildman–Crippen LogP) is 5.06. The van der Waals surface area contributed by atoms with Crippen molar-refractivity contribution in [1.82, 2.24) is 24.5 Å². The summed E-state index contributed by atoms with van der Waals surface area (Å²) >= 11 is 0. The summed E-state index contributed by atoms with van der Waals surface area (Å²) in [4.78, 5) is 3.95. The van der Waals surface area contributed by atoms with Crippen LogP contribution in [0.3, 0.4) is 0 Å². The molecule has 2 aromatic carbocycles. The van der Waals surface area contributed by atoms with Crippen LogP contribution >= 0.6 is 0 Å². The van der Waals surface area contributed by atoms with E-state index in [1.807, 2.05) is 0 Å². The van der Waals surface area contributed by atoms with Crippen LogP contribution in [0.5, 0.6) is 0 Å². The molecule has 0 saturated heterocycles. The van der Waals surface area contributed by atoms with Crippen LogP contribution in [0.2, 0.25) is 0 Å². The minimum atomic E-state index is -0.730. The van der Waals surface area contributed by atoms with Crippen LogP contribution in [0.4, 0.5) is 17.6 Å². The topological polar surface area (TPSA) is 72.3 Å². The van der Waals surface area contributed by atoms with Crippen molar-refractivity contribution in [2.45, 2.75) is 0 Å². The molecule has 0 fully saturated rings. The first-order valence-corrected chi connectivity index (χ1v) is 9.45. The third kappa shape index (κ3) is 6.69. The Morgan fingerprint density at radius 2 is 1.37 bits per heavy atom. The summed E-state index contributed by atoms with van der Waals surface area (Å²) in [7, 11) is 0. The summed E-state index contributed by atoms with van der Waals surface area (Å²) in [5, 5.41) is 14.0. The van der Waals surface area contributed by atoms with Crippen molar-refractivity contribution in [2.75, 3.05) is 0 Å². The Balaban J connectivity index is 0.000000231. The maximum atomic E-state index is 13.7. The van der Waals surface area contributed by atoms with Crippen molar-refractivity contribution in [3.63, 3.8) is 0 Å². The van der Waals surface area contributed by atoms with E-state index in [0.29, 0.717) is 5.69 Å². The van der Waals surface area contributed by atoms with Crippen LogP contribution in [-0.4, -0.2) is 24.5 Å². The maximum Gasteiger partial charge on any atom is 3.00 e. The van der Waals surface area contributed by atoms with Crippen LogP contribution in [-0.2, 0) is 20.1 Å². The molecular weight excluding hydrogens is 641 g/mol. The van der Waals surface area contributed by atoms with E-state index >= 15 is 0 Å². The molecule has 3 heterocycles. The smallest absolute Gasteiger partial charge is 0.512 e. The number of nitrogens with zero attached hydrogens (tertiary/aromatic N) is 6. The van der Waals surface area contributed by atoms with Gasteiger partial charge in [0.05, 0.1) is 0 Å². The van der Waals surface area contributed by atoms with Crippen molar-refractivity contribution < 1.29 is 37.7 Å². The quantitative estimate of drug-likeness (QED) is 0.202. The molecule has 6 nitrogen and oxygen atoms in total. The first kappa shape index (κ1) is 27.1. The Morgan fingerprint density at radius 1 is 0.771 bits per heavy atom. The van der Waals surface area contributed by atoms with Gasteiger partial charge < -0.3 is 16.8 Å². The largest absolute Gasteiger partial charge is 3.00 e. The van der Waals surface area contributed by atoms with Gasteiger partial charge in [0.15, 0.2) is 0 Å². The van der Waals surface area contributed by atoms with E-state index in [0.717, 1.165) is 18.2 Å². The third-order valence-corrected chi connectivity index (χ3v) is 4.19. The summed E-state index contributed by atoms with van der Waals surface area (Å²) in [5.74, 6) is -2.75. The Labute approximate surface area is 211 Å². The van der Waals surface area contributed by atoms with E-state index in [2.05, 4.69) is 27.3 Å². The van der Waals surface area contributed by atoms with E-state index in [4.69, 9.17) is 11.8 Å². The monoisotopic (exact) mass is 654 g/mol. The molecular formula is C24H13F4IrN6. The van der Waals surface area contributed by atoms with Gasteiger partial charge >= 0.3 is 20.1 Å². The van der Waals surface area contributed by atoms with Crippen LogP contribution in [0.1, 0.15) is 0 Å². The number of benzene rings is 2. The van der Waals surface area contributed by atoms with Gasteiger partial charge in [-0.15, -0.1) is 18.2 Å². The summed E-state index contributed by atoms with van der Waals surface area (Å²) in [5.41, 5.74) is 0.732. The van der Waals surface area contributed by atoms with Crippen molar-refractivity contribution >= 4 is 0 Å². The van der Waals surface area contributed by atoms with Gasteiger partial charge in [0.1, 0.15) is 0 Å². The molecule has 0 aliphatic rings. The van der Waals surface area contributed by atoms with Crippen molar-refractivity contribution in [3.8, 4) is 22.6 Å². The van der Waals surface area contributed by atoms with E-state index in [1.54, 1.807) is 48.9 Å². The van der Waals surface area contributed by atoms with E-state index in [9.17, 15) is 17.6 Å². The SMILES string of the molecule is Fc1c[c-]c(-c2ccccn2)c(F)c1.Fc1cc(F)c(-n2cccn2)[c-]c1-n1cccn1.[C-]#N.[Ir+3]. The molecule has 0 spiro atoms. The van der Waals surface area contributed by atoms with Gasteiger partial charge in [0.25, 0.3) is 0 Å². The molecule has 0 radical (unpaired) electrons. The second kappa shape index (κ2) is 12.9. The molecule has 0 aliphatic heterocycles. The third-order valence-electron chi connectivity index (χ3n) is 4.19. The Kier molecular flexibility index (Phi) is 10.0. The molecule has 11 heteroatoms. The van der Waals surface area contributed by atoms with Gasteiger partial charge in [0, 0.05) is 54.3 Å². The van der Waals surface area contributed by atoms with Crippen LogP contribution in [0.15, 0.2) is 79.5 Å². The van der Waals surface area contributed by atoms with Gasteiger partial charge in [-0.1, -0.05) is 29.8 Å². The molecule has 0 bridgehead atoms. The van der Waals surface area contributed by atoms with Crippen LogP contribution in [0.25, 0.3) is 22.6 Å². The van der Waals surface area contributed by atoms with Gasteiger partial charge in [0.2, 0.25) is 0 Å². The van der Waals surface area contributed by atoms with E-state index < -0.39 is 23.3 Å². The Hall–Kier alpha value is -4.13. The van der Waals surface area contributed by atoms with Gasteiger partial charge in [-0.05, 0) is 35.3 Å². The molecule has 0 N–H and O–H groups in total. The fourth-order valence-electron chi connectivity index (χ4n) is 2.77. The summed E-state index contributed by atoms with van der Waals surface area (Å²) in [6, 6.07) is 16.2. The zero-order valence-electron chi connectivity index (χ0n) is 17.5. The minimum Gasteiger partial charge on any atom is -0.512 e. The molecule has 5 aromatic rings. The first-order valence-electron chi connectivity index (χ1n) is 9.45. The molecule has 0 amide bonds. The average molecular weight is 654 g/mol. The van der Waals surface area contributed by atoms with Crippen LogP contribution < -0.4 is 0 Å². The number of pyridine rings is 1. The minimum absolute atomic E-state index is 0. The second-order valence-corrected chi connectivity index (χ2v) is 6.32. The fraction of sp³-hybridized carbons (Fsp3) is 0. The zero-order valence-corrected chi connectivity index (χ0v) is 19.9. The second-order valence-electron chi connectivity index (χ2n) is 6.32. The predicted molar refractivity (Wildman–Crippen MR) is 113 cm³/mol. The molecule has 0 unspecified atom stereocenters.